The first-order chi connectivity index (χ1) is 11.8. The number of carbonyl (C=O) groups is 1. The second kappa shape index (κ2) is 8.46. The predicted molar refractivity (Wildman–Crippen MR) is 93.2 cm³/mol. The van der Waals surface area contributed by atoms with Gasteiger partial charge < -0.3 is 9.47 Å². The number of hydrogen-bond donors (Lipinski definition) is 0. The van der Waals surface area contributed by atoms with Gasteiger partial charge >= 0.3 is 0 Å². The summed E-state index contributed by atoms with van der Waals surface area (Å²) in [4.78, 5) is 12.2. The molecule has 124 valence electrons. The van der Waals surface area contributed by atoms with E-state index in [1.165, 1.54) is 0 Å². The Balaban J connectivity index is 1.61. The molecule has 0 saturated heterocycles. The van der Waals surface area contributed by atoms with Crippen LogP contribution in [0.25, 0.3) is 0 Å². The second-order valence-corrected chi connectivity index (χ2v) is 5.96. The quantitative estimate of drug-likeness (QED) is 0.756. The van der Waals surface area contributed by atoms with Gasteiger partial charge in [-0.3, -0.25) is 4.79 Å². The smallest absolute Gasteiger partial charge is 0.197 e. The normalized spacial score (nSPS) is 14.8. The first-order valence-corrected chi connectivity index (χ1v) is 8.36. The summed E-state index contributed by atoms with van der Waals surface area (Å²) >= 11 is 0. The molecular formula is C21H22O3. The van der Waals surface area contributed by atoms with E-state index in [9.17, 15) is 4.79 Å². The molecule has 2 aromatic rings. The summed E-state index contributed by atoms with van der Waals surface area (Å²) in [6.07, 6.45) is 2.30. The van der Waals surface area contributed by atoms with Crippen molar-refractivity contribution in [3.8, 4) is 0 Å². The molecule has 0 aliphatic heterocycles. The minimum absolute atomic E-state index is 0.0930. The molecule has 0 spiro atoms. The second-order valence-electron chi connectivity index (χ2n) is 5.96. The van der Waals surface area contributed by atoms with E-state index in [-0.39, 0.29) is 5.78 Å². The lowest BCUT2D eigenvalue weighted by molar-refractivity contribution is -0.120. The fourth-order valence-electron chi connectivity index (χ4n) is 2.80. The Bertz CT molecular complexity index is 690. The Morgan fingerprint density at radius 2 is 1.38 bits per heavy atom. The van der Waals surface area contributed by atoms with E-state index in [1.54, 1.807) is 0 Å². The molecule has 1 aliphatic rings. The zero-order valence-corrected chi connectivity index (χ0v) is 13.7. The van der Waals surface area contributed by atoms with Crippen molar-refractivity contribution in [3.63, 3.8) is 0 Å². The maximum atomic E-state index is 12.2. The van der Waals surface area contributed by atoms with Crippen molar-refractivity contribution in [1.29, 1.82) is 0 Å². The molecule has 24 heavy (non-hydrogen) atoms. The van der Waals surface area contributed by atoms with Crippen LogP contribution in [0, 0.1) is 0 Å². The van der Waals surface area contributed by atoms with Gasteiger partial charge in [0.05, 0.1) is 13.2 Å². The summed E-state index contributed by atoms with van der Waals surface area (Å²) in [5, 5.41) is 0. The van der Waals surface area contributed by atoms with Crippen molar-refractivity contribution < 1.29 is 14.3 Å². The van der Waals surface area contributed by atoms with Crippen LogP contribution < -0.4 is 0 Å². The summed E-state index contributed by atoms with van der Waals surface area (Å²) < 4.78 is 11.6. The highest BCUT2D eigenvalue weighted by atomic mass is 16.5. The maximum absolute atomic E-state index is 12.2. The van der Waals surface area contributed by atoms with Crippen LogP contribution in [0.5, 0.6) is 0 Å². The molecule has 0 aromatic heterocycles. The van der Waals surface area contributed by atoms with Crippen LogP contribution in [0.2, 0.25) is 0 Å². The third-order valence-electron chi connectivity index (χ3n) is 4.07. The number of carbonyl (C=O) groups excluding carboxylic acids is 1. The number of ketones is 1. The monoisotopic (exact) mass is 322 g/mol. The molecule has 0 atom stereocenters. The van der Waals surface area contributed by atoms with Gasteiger partial charge in [-0.15, -0.1) is 0 Å². The van der Waals surface area contributed by atoms with Gasteiger partial charge in [0.1, 0.15) is 6.61 Å². The molecule has 3 heteroatoms. The summed E-state index contributed by atoms with van der Waals surface area (Å²) in [5.74, 6) is 0.605. The highest BCUT2D eigenvalue weighted by Crippen LogP contribution is 2.24. The molecule has 1 aliphatic carbocycles. The molecule has 0 bridgehead atoms. The third-order valence-corrected chi connectivity index (χ3v) is 4.07. The van der Waals surface area contributed by atoms with E-state index in [1.807, 2.05) is 60.7 Å². The predicted octanol–water partition coefficient (Wildman–Crippen LogP) is 4.43. The van der Waals surface area contributed by atoms with Gasteiger partial charge in [0.15, 0.2) is 11.5 Å². The zero-order valence-electron chi connectivity index (χ0n) is 13.7. The number of ether oxygens (including phenoxy) is 2. The van der Waals surface area contributed by atoms with Crippen molar-refractivity contribution in [2.24, 2.45) is 0 Å². The minimum atomic E-state index is 0.0930. The lowest BCUT2D eigenvalue weighted by Crippen LogP contribution is -2.17. The van der Waals surface area contributed by atoms with Gasteiger partial charge in [-0.25, -0.2) is 0 Å². The van der Waals surface area contributed by atoms with Crippen LogP contribution in [0.4, 0.5) is 0 Å². The van der Waals surface area contributed by atoms with E-state index < -0.39 is 0 Å². The summed E-state index contributed by atoms with van der Waals surface area (Å²) in [6, 6.07) is 20.0. The number of allylic oxidation sites excluding steroid dienone is 1. The maximum Gasteiger partial charge on any atom is 0.197 e. The highest BCUT2D eigenvalue weighted by molar-refractivity contribution is 5.95. The fraction of sp³-hybridized carbons (Fsp3) is 0.286. The summed E-state index contributed by atoms with van der Waals surface area (Å²) in [5.41, 5.74) is 3.18. The van der Waals surface area contributed by atoms with E-state index in [2.05, 4.69) is 0 Å². The van der Waals surface area contributed by atoms with Crippen molar-refractivity contribution in [2.45, 2.75) is 32.5 Å². The van der Waals surface area contributed by atoms with Gasteiger partial charge in [-0.2, -0.15) is 0 Å². The van der Waals surface area contributed by atoms with Crippen LogP contribution >= 0.6 is 0 Å². The topological polar surface area (TPSA) is 35.5 Å². The van der Waals surface area contributed by atoms with Gasteiger partial charge in [0, 0.05) is 12.0 Å². The first kappa shape index (κ1) is 16.5. The molecule has 0 amide bonds. The summed E-state index contributed by atoms with van der Waals surface area (Å²) in [7, 11) is 0. The standard InChI is InChI=1S/C21H22O3/c22-20-13-7-12-19(16-23-14-17-8-3-1-4-9-17)21(20)24-15-18-10-5-2-6-11-18/h1-6,8-11H,7,12-16H2. The molecule has 3 rings (SSSR count). The van der Waals surface area contributed by atoms with Crippen molar-refractivity contribution in [1.82, 2.24) is 0 Å². The molecular weight excluding hydrogens is 300 g/mol. The van der Waals surface area contributed by atoms with Crippen molar-refractivity contribution in [3.05, 3.63) is 83.1 Å². The molecule has 0 fully saturated rings. The largest absolute Gasteiger partial charge is 0.485 e. The number of rotatable bonds is 7. The Hall–Kier alpha value is -2.39. The van der Waals surface area contributed by atoms with E-state index in [4.69, 9.17) is 9.47 Å². The molecule has 0 heterocycles. The Morgan fingerprint density at radius 1 is 0.750 bits per heavy atom. The Labute approximate surface area is 142 Å². The zero-order chi connectivity index (χ0) is 16.6. The highest BCUT2D eigenvalue weighted by Gasteiger charge is 2.22. The molecule has 0 N–H and O–H groups in total. The van der Waals surface area contributed by atoms with Crippen LogP contribution in [0.1, 0.15) is 30.4 Å². The summed E-state index contributed by atoms with van der Waals surface area (Å²) in [6.45, 7) is 1.42. The van der Waals surface area contributed by atoms with Gasteiger partial charge in [0.2, 0.25) is 0 Å². The van der Waals surface area contributed by atoms with Gasteiger partial charge in [-0.05, 0) is 24.0 Å². The lowest BCUT2D eigenvalue weighted by atomic mass is 9.97. The Morgan fingerprint density at radius 3 is 2.04 bits per heavy atom. The number of benzene rings is 2. The van der Waals surface area contributed by atoms with Gasteiger partial charge in [-0.1, -0.05) is 60.7 Å². The number of hydrogen-bond acceptors (Lipinski definition) is 3. The van der Waals surface area contributed by atoms with E-state index >= 15 is 0 Å². The van der Waals surface area contributed by atoms with Crippen LogP contribution in [-0.2, 0) is 27.5 Å². The van der Waals surface area contributed by atoms with Crippen LogP contribution in [-0.4, -0.2) is 12.4 Å². The molecule has 2 aromatic carbocycles. The average molecular weight is 322 g/mol. The fourth-order valence-corrected chi connectivity index (χ4v) is 2.80. The van der Waals surface area contributed by atoms with E-state index in [0.29, 0.717) is 32.0 Å². The van der Waals surface area contributed by atoms with Gasteiger partial charge in [0.25, 0.3) is 0 Å². The lowest BCUT2D eigenvalue weighted by Gasteiger charge is -2.20. The van der Waals surface area contributed by atoms with Crippen LogP contribution in [0.15, 0.2) is 72.0 Å². The third kappa shape index (κ3) is 4.56. The first-order valence-electron chi connectivity index (χ1n) is 8.36. The molecule has 0 radical (unpaired) electrons. The molecule has 3 nitrogen and oxygen atoms in total. The number of Topliss-reactive ketones (excluding diaryl/α,β-unsaturated/α-hetero) is 1. The SMILES string of the molecule is O=C1CCCC(COCc2ccccc2)=C1OCc1ccccc1. The van der Waals surface area contributed by atoms with E-state index in [0.717, 1.165) is 29.5 Å². The molecule has 0 unspecified atom stereocenters. The van der Waals surface area contributed by atoms with Crippen molar-refractivity contribution >= 4 is 5.78 Å². The van der Waals surface area contributed by atoms with Crippen molar-refractivity contribution in [2.75, 3.05) is 6.61 Å². The Kier molecular flexibility index (Phi) is 5.80. The molecule has 0 saturated carbocycles. The van der Waals surface area contributed by atoms with Crippen LogP contribution in [0.3, 0.4) is 0 Å². The minimum Gasteiger partial charge on any atom is -0.485 e. The average Bonchev–Trinajstić information content (AvgIpc) is 2.63.